The Morgan fingerprint density at radius 3 is 2.70 bits per heavy atom. The van der Waals surface area contributed by atoms with E-state index in [2.05, 4.69) is 45.3 Å². The van der Waals surface area contributed by atoms with E-state index in [0.717, 1.165) is 42.9 Å². The van der Waals surface area contributed by atoms with Gasteiger partial charge in [-0.15, -0.1) is 10.2 Å². The second-order valence-electron chi connectivity index (χ2n) is 9.01. The SMILES string of the molecule is Cc1cc(N2C[C@H]3C[C@@H](N(C)C)[C@H](OCC4CC4)C[C@H]3C2)c2nncn2n1. The van der Waals surface area contributed by atoms with E-state index >= 15 is 0 Å². The quantitative estimate of drug-likeness (QED) is 0.802. The lowest BCUT2D eigenvalue weighted by molar-refractivity contribution is -0.0493. The Bertz CT molecular complexity index is 816. The molecule has 4 atom stereocenters. The summed E-state index contributed by atoms with van der Waals surface area (Å²) in [5.74, 6) is 2.24. The summed E-state index contributed by atoms with van der Waals surface area (Å²) >= 11 is 0. The van der Waals surface area contributed by atoms with Crippen LogP contribution in [0.25, 0.3) is 5.65 Å². The molecule has 27 heavy (non-hydrogen) atoms. The van der Waals surface area contributed by atoms with Gasteiger partial charge >= 0.3 is 0 Å². The average Bonchev–Trinajstić information content (AvgIpc) is 3.19. The highest BCUT2D eigenvalue weighted by Gasteiger charge is 2.44. The zero-order chi connectivity index (χ0) is 18.5. The van der Waals surface area contributed by atoms with Crippen LogP contribution in [0.4, 0.5) is 5.69 Å². The molecule has 3 aliphatic rings. The van der Waals surface area contributed by atoms with Crippen LogP contribution < -0.4 is 4.90 Å². The van der Waals surface area contributed by atoms with E-state index in [9.17, 15) is 0 Å². The van der Waals surface area contributed by atoms with E-state index in [1.807, 2.05) is 6.92 Å². The Morgan fingerprint density at radius 2 is 1.96 bits per heavy atom. The topological polar surface area (TPSA) is 58.8 Å². The van der Waals surface area contributed by atoms with Crippen LogP contribution >= 0.6 is 0 Å². The van der Waals surface area contributed by atoms with Crippen LogP contribution in [0.15, 0.2) is 12.4 Å². The normalized spacial score (nSPS) is 31.0. The number of hydrogen-bond acceptors (Lipinski definition) is 6. The molecule has 3 heterocycles. The van der Waals surface area contributed by atoms with Gasteiger partial charge in [-0.25, -0.2) is 0 Å². The molecule has 2 saturated carbocycles. The van der Waals surface area contributed by atoms with Gasteiger partial charge in [-0.05, 0) is 70.5 Å². The van der Waals surface area contributed by atoms with Crippen molar-refractivity contribution in [2.75, 3.05) is 38.7 Å². The van der Waals surface area contributed by atoms with Gasteiger partial charge in [0, 0.05) is 25.7 Å². The van der Waals surface area contributed by atoms with Crippen LogP contribution in [0, 0.1) is 24.7 Å². The summed E-state index contributed by atoms with van der Waals surface area (Å²) in [6.45, 7) is 5.17. The monoisotopic (exact) mass is 370 g/mol. The fraction of sp³-hybridized carbons (Fsp3) is 0.750. The molecule has 2 aromatic heterocycles. The lowest BCUT2D eigenvalue weighted by Crippen LogP contribution is -2.48. The van der Waals surface area contributed by atoms with Crippen LogP contribution in [-0.2, 0) is 4.74 Å². The number of ether oxygens (including phenoxy) is 1. The summed E-state index contributed by atoms with van der Waals surface area (Å²) < 4.78 is 8.21. The Hall–Kier alpha value is -1.73. The van der Waals surface area contributed by atoms with Crippen molar-refractivity contribution in [2.24, 2.45) is 17.8 Å². The number of anilines is 1. The van der Waals surface area contributed by atoms with E-state index in [-0.39, 0.29) is 0 Å². The Labute approximate surface area is 160 Å². The molecule has 3 fully saturated rings. The Morgan fingerprint density at radius 1 is 1.19 bits per heavy atom. The molecule has 7 heteroatoms. The second kappa shape index (κ2) is 6.71. The van der Waals surface area contributed by atoms with Crippen LogP contribution in [0.3, 0.4) is 0 Å². The standard InChI is InChI=1S/C20H30N6O/c1-13-6-18(20-22-21-12-26(20)23-13)25-9-15-7-17(24(2)3)19(8-16(15)10-25)27-11-14-4-5-14/h6,12,14-17,19H,4-5,7-11H2,1-3H3/t15-,16+,17-,19-/m1/s1. The predicted octanol–water partition coefficient (Wildman–Crippen LogP) is 2.00. The molecular weight excluding hydrogens is 340 g/mol. The van der Waals surface area contributed by atoms with Gasteiger partial charge in [0.15, 0.2) is 0 Å². The third-order valence-corrected chi connectivity index (χ3v) is 6.70. The molecule has 2 aliphatic carbocycles. The van der Waals surface area contributed by atoms with Gasteiger partial charge in [0.05, 0.1) is 17.5 Å². The van der Waals surface area contributed by atoms with E-state index in [1.165, 1.54) is 31.4 Å². The molecule has 0 aromatic carbocycles. The van der Waals surface area contributed by atoms with Crippen molar-refractivity contribution in [1.82, 2.24) is 24.7 Å². The molecule has 7 nitrogen and oxygen atoms in total. The number of rotatable bonds is 5. The molecule has 2 aromatic rings. The summed E-state index contributed by atoms with van der Waals surface area (Å²) in [6, 6.07) is 2.68. The van der Waals surface area contributed by atoms with E-state index < -0.39 is 0 Å². The minimum absolute atomic E-state index is 0.370. The maximum absolute atomic E-state index is 6.41. The molecule has 146 valence electrons. The van der Waals surface area contributed by atoms with Gasteiger partial charge in [0.25, 0.3) is 0 Å². The lowest BCUT2D eigenvalue weighted by atomic mass is 9.77. The molecule has 1 aliphatic heterocycles. The largest absolute Gasteiger partial charge is 0.376 e. The van der Waals surface area contributed by atoms with Gasteiger partial charge < -0.3 is 14.5 Å². The van der Waals surface area contributed by atoms with Gasteiger partial charge in [0.2, 0.25) is 5.65 Å². The van der Waals surface area contributed by atoms with Gasteiger partial charge in [0.1, 0.15) is 6.33 Å². The molecular formula is C20H30N6O. The first kappa shape index (κ1) is 17.4. The highest BCUT2D eigenvalue weighted by molar-refractivity contribution is 5.68. The smallest absolute Gasteiger partial charge is 0.200 e. The number of aryl methyl sites for hydroxylation is 1. The first-order valence-electron chi connectivity index (χ1n) is 10.3. The Balaban J connectivity index is 1.36. The van der Waals surface area contributed by atoms with Crippen molar-refractivity contribution < 1.29 is 4.74 Å². The van der Waals surface area contributed by atoms with Crippen molar-refractivity contribution >= 4 is 11.3 Å². The van der Waals surface area contributed by atoms with Crippen molar-refractivity contribution in [3.8, 4) is 0 Å². The maximum atomic E-state index is 6.41. The highest BCUT2D eigenvalue weighted by Crippen LogP contribution is 2.41. The number of hydrogen-bond donors (Lipinski definition) is 0. The minimum atomic E-state index is 0.370. The van der Waals surface area contributed by atoms with Gasteiger partial charge in [-0.1, -0.05) is 0 Å². The molecule has 0 radical (unpaired) electrons. The minimum Gasteiger partial charge on any atom is -0.376 e. The first-order chi connectivity index (χ1) is 13.1. The van der Waals surface area contributed by atoms with Crippen molar-refractivity contribution in [3.05, 3.63) is 18.1 Å². The second-order valence-corrected chi connectivity index (χ2v) is 9.01. The molecule has 0 unspecified atom stereocenters. The summed E-state index contributed by atoms with van der Waals surface area (Å²) in [5, 5.41) is 12.9. The van der Waals surface area contributed by atoms with Crippen LogP contribution in [0.1, 0.15) is 31.4 Å². The zero-order valence-electron chi connectivity index (χ0n) is 16.6. The maximum Gasteiger partial charge on any atom is 0.200 e. The summed E-state index contributed by atoms with van der Waals surface area (Å²) in [7, 11) is 4.41. The fourth-order valence-corrected chi connectivity index (χ4v) is 5.02. The van der Waals surface area contributed by atoms with Crippen molar-refractivity contribution in [1.29, 1.82) is 0 Å². The van der Waals surface area contributed by atoms with Crippen LogP contribution in [0.2, 0.25) is 0 Å². The molecule has 1 saturated heterocycles. The van der Waals surface area contributed by atoms with E-state index in [1.54, 1.807) is 10.8 Å². The average molecular weight is 371 g/mol. The molecule has 5 rings (SSSR count). The molecule has 0 spiro atoms. The third-order valence-electron chi connectivity index (χ3n) is 6.70. The van der Waals surface area contributed by atoms with Crippen LogP contribution in [-0.4, -0.2) is 70.6 Å². The third kappa shape index (κ3) is 3.31. The van der Waals surface area contributed by atoms with Gasteiger partial charge in [-0.2, -0.15) is 9.61 Å². The van der Waals surface area contributed by atoms with Crippen LogP contribution in [0.5, 0.6) is 0 Å². The number of aromatic nitrogens is 4. The fourth-order valence-electron chi connectivity index (χ4n) is 5.02. The Kier molecular flexibility index (Phi) is 4.31. The van der Waals surface area contributed by atoms with Crippen molar-refractivity contribution in [2.45, 2.75) is 44.8 Å². The number of likely N-dealkylation sites (N-methyl/N-ethyl adjacent to an activating group) is 1. The zero-order valence-corrected chi connectivity index (χ0v) is 16.6. The summed E-state index contributed by atoms with van der Waals surface area (Å²) in [6.07, 6.45) is 7.16. The predicted molar refractivity (Wildman–Crippen MR) is 104 cm³/mol. The van der Waals surface area contributed by atoms with Gasteiger partial charge in [-0.3, -0.25) is 0 Å². The first-order valence-corrected chi connectivity index (χ1v) is 10.3. The highest BCUT2D eigenvalue weighted by atomic mass is 16.5. The molecule has 0 N–H and O–H groups in total. The summed E-state index contributed by atoms with van der Waals surface area (Å²) in [5.41, 5.74) is 3.04. The van der Waals surface area contributed by atoms with E-state index in [0.29, 0.717) is 18.1 Å². The lowest BCUT2D eigenvalue weighted by Gasteiger charge is -2.41. The van der Waals surface area contributed by atoms with E-state index in [4.69, 9.17) is 4.74 Å². The molecule has 0 bridgehead atoms. The van der Waals surface area contributed by atoms with Crippen molar-refractivity contribution in [3.63, 3.8) is 0 Å². The summed E-state index contributed by atoms with van der Waals surface area (Å²) in [4.78, 5) is 4.88. The molecule has 0 amide bonds. The number of nitrogens with zero attached hydrogens (tertiary/aromatic N) is 6. The number of fused-ring (bicyclic) bond motifs is 2.